The van der Waals surface area contributed by atoms with Crippen LogP contribution in [0.25, 0.3) is 0 Å². The molecular weight excluding hydrogens is 302 g/mol. The summed E-state index contributed by atoms with van der Waals surface area (Å²) in [4.78, 5) is 34.2. The Morgan fingerprint density at radius 1 is 0.500 bits per heavy atom. The summed E-state index contributed by atoms with van der Waals surface area (Å²) in [5.41, 5.74) is 0. The van der Waals surface area contributed by atoms with Crippen molar-refractivity contribution in [2.24, 2.45) is 4.22 Å². The van der Waals surface area contributed by atoms with E-state index in [1.807, 2.05) is 0 Å². The van der Waals surface area contributed by atoms with Crippen LogP contribution >= 0.6 is 0 Å². The Morgan fingerprint density at radius 3 is 0.500 bits per heavy atom. The van der Waals surface area contributed by atoms with Crippen molar-refractivity contribution in [3.63, 3.8) is 0 Å². The molecule has 0 amide bonds. The van der Waals surface area contributed by atoms with Crippen molar-refractivity contribution >= 4 is 24.6 Å². The van der Waals surface area contributed by atoms with E-state index in [4.69, 9.17) is 60.0 Å². The fraction of sp³-hybridized carbons (Fsp3) is 0. The van der Waals surface area contributed by atoms with E-state index in [2.05, 4.69) is 4.22 Å². The van der Waals surface area contributed by atoms with E-state index in [-0.39, 0.29) is 0 Å². The number of carboxylic acid groups (broad SMARTS) is 8. The predicted molar refractivity (Wildman–Crippen MR) is 46.8 cm³/mol. The van der Waals surface area contributed by atoms with Crippen LogP contribution in [-0.4, -0.2) is 65.5 Å². The fourth-order valence-electron chi connectivity index (χ4n) is 0. The SMILES string of the molecule is O=C(O)O.O=C(O)O.O=C(O)O.O=C(O)O.[NH2][Ti]. The van der Waals surface area contributed by atoms with Crippen LogP contribution in [0.15, 0.2) is 0 Å². The van der Waals surface area contributed by atoms with E-state index in [1.165, 1.54) is 20.7 Å². The molecule has 0 radical (unpaired) electrons. The third-order valence-electron chi connectivity index (χ3n) is 0. The van der Waals surface area contributed by atoms with Gasteiger partial charge in [0.15, 0.2) is 0 Å². The van der Waals surface area contributed by atoms with E-state index in [0.717, 1.165) is 0 Å². The van der Waals surface area contributed by atoms with E-state index >= 15 is 0 Å². The van der Waals surface area contributed by atoms with E-state index in [9.17, 15) is 0 Å². The average Bonchev–Trinajstić information content (AvgIpc) is 2.01. The van der Waals surface area contributed by atoms with Gasteiger partial charge in [0.05, 0.1) is 0 Å². The van der Waals surface area contributed by atoms with Gasteiger partial charge in [0, 0.05) is 0 Å². The molecule has 0 fully saturated rings. The Bertz CT molecular complexity index is 164. The predicted octanol–water partition coefficient (Wildman–Crippen LogP) is 0.297. The number of hydrogen-bond acceptors (Lipinski definition) is 5. The Morgan fingerprint density at radius 2 is 0.500 bits per heavy atom. The summed E-state index contributed by atoms with van der Waals surface area (Å²) in [6, 6.07) is 0. The fourth-order valence-corrected chi connectivity index (χ4v) is 0. The van der Waals surface area contributed by atoms with Crippen molar-refractivity contribution in [3.05, 3.63) is 0 Å². The van der Waals surface area contributed by atoms with Crippen LogP contribution in [0.1, 0.15) is 0 Å². The normalized spacial score (nSPS) is 5.56. The summed E-state index contributed by atoms with van der Waals surface area (Å²) in [6.45, 7) is 0. The van der Waals surface area contributed by atoms with Gasteiger partial charge in [-0.1, -0.05) is 0 Å². The first-order valence-corrected chi connectivity index (χ1v) is 3.80. The first-order valence-electron chi connectivity index (χ1n) is 2.89. The molecule has 0 aliphatic heterocycles. The Hall–Kier alpha value is -2.25. The van der Waals surface area contributed by atoms with Gasteiger partial charge in [-0.3, -0.25) is 0 Å². The van der Waals surface area contributed by atoms with Crippen LogP contribution in [0.3, 0.4) is 0 Å². The Balaban J connectivity index is -0.0000000399. The molecule has 0 aromatic carbocycles. The maximum atomic E-state index is 8.56. The maximum absolute atomic E-state index is 8.56. The van der Waals surface area contributed by atoms with E-state index in [0.29, 0.717) is 0 Å². The molecule has 14 heteroatoms. The zero-order valence-corrected chi connectivity index (χ0v) is 9.85. The van der Waals surface area contributed by atoms with Crippen LogP contribution in [0.4, 0.5) is 19.2 Å². The standard InChI is InChI=1S/4CH2O3.H2N.Ti/c4*2-1(3)4;;/h4*(H2,2,3,4);1H2;/q;;;;-1;+1. The zero-order chi connectivity index (χ0) is 16.3. The molecular formula is C4H10NO12Ti. The number of rotatable bonds is 0. The van der Waals surface area contributed by atoms with Gasteiger partial charge in [-0.2, -0.15) is 0 Å². The zero-order valence-electron chi connectivity index (χ0n) is 8.29. The molecule has 0 aliphatic rings. The van der Waals surface area contributed by atoms with Gasteiger partial charge in [0.2, 0.25) is 0 Å². The van der Waals surface area contributed by atoms with Gasteiger partial charge in [0.25, 0.3) is 0 Å². The van der Waals surface area contributed by atoms with E-state index < -0.39 is 24.6 Å². The quantitative estimate of drug-likeness (QED) is 0.273. The number of carbonyl (C=O) groups is 4. The summed E-state index contributed by atoms with van der Waals surface area (Å²) in [6.07, 6.45) is -7.33. The third-order valence-corrected chi connectivity index (χ3v) is 0. The molecule has 0 atom stereocenters. The monoisotopic (exact) mass is 312 g/mol. The molecule has 10 N–H and O–H groups in total. The van der Waals surface area contributed by atoms with Crippen LogP contribution in [0, 0.1) is 0 Å². The number of hydrogen-bond donors (Lipinski definition) is 9. The molecule has 13 nitrogen and oxygen atoms in total. The molecule has 0 unspecified atom stereocenters. The van der Waals surface area contributed by atoms with Gasteiger partial charge in [-0.15, -0.1) is 0 Å². The Kier molecular flexibility index (Phi) is 48.3. The molecule has 18 heavy (non-hydrogen) atoms. The molecule has 0 spiro atoms. The minimum absolute atomic E-state index is 1.50. The second-order valence-electron chi connectivity index (χ2n) is 1.13. The Labute approximate surface area is 110 Å². The molecule has 0 saturated carbocycles. The molecule has 107 valence electrons. The van der Waals surface area contributed by atoms with Crippen LogP contribution < -0.4 is 4.22 Å². The van der Waals surface area contributed by atoms with Crippen molar-refractivity contribution in [3.8, 4) is 0 Å². The molecule has 0 aromatic rings. The van der Waals surface area contributed by atoms with Gasteiger partial charge in [0.1, 0.15) is 0 Å². The summed E-state index contributed by atoms with van der Waals surface area (Å²) in [5.74, 6) is 0. The van der Waals surface area contributed by atoms with Gasteiger partial charge >= 0.3 is 49.5 Å². The molecule has 0 aromatic heterocycles. The van der Waals surface area contributed by atoms with Crippen molar-refractivity contribution in [2.45, 2.75) is 0 Å². The second kappa shape index (κ2) is 29.3. The first kappa shape index (κ1) is 29.7. The van der Waals surface area contributed by atoms with Gasteiger partial charge < -0.3 is 40.9 Å². The average molecular weight is 312 g/mol. The minimum atomic E-state index is -1.83. The topological polar surface area (TPSA) is 256 Å². The van der Waals surface area contributed by atoms with Crippen LogP contribution in [-0.2, 0) is 20.7 Å². The molecule has 0 rings (SSSR count). The summed E-state index contributed by atoms with van der Waals surface area (Å²) in [5, 5.41) is 55.8. The van der Waals surface area contributed by atoms with E-state index in [1.54, 1.807) is 0 Å². The van der Waals surface area contributed by atoms with Gasteiger partial charge in [-0.05, 0) is 0 Å². The molecule has 0 saturated heterocycles. The summed E-state index contributed by atoms with van der Waals surface area (Å²) < 4.78 is 4.50. The first-order chi connectivity index (χ1) is 7.93. The van der Waals surface area contributed by atoms with Gasteiger partial charge in [-0.25, -0.2) is 19.2 Å². The molecule has 0 bridgehead atoms. The number of nitrogens with two attached hydrogens (primary N) is 1. The van der Waals surface area contributed by atoms with Crippen molar-refractivity contribution < 1.29 is 80.7 Å². The van der Waals surface area contributed by atoms with Crippen molar-refractivity contribution in [2.75, 3.05) is 0 Å². The van der Waals surface area contributed by atoms with Crippen LogP contribution in [0.5, 0.6) is 0 Å². The third kappa shape index (κ3) is 444. The van der Waals surface area contributed by atoms with Crippen molar-refractivity contribution in [1.29, 1.82) is 0 Å². The van der Waals surface area contributed by atoms with Crippen LogP contribution in [0.2, 0.25) is 0 Å². The van der Waals surface area contributed by atoms with Crippen molar-refractivity contribution in [1.82, 2.24) is 0 Å². The summed E-state index contributed by atoms with van der Waals surface area (Å²) >= 11 is 1.50. The molecule has 0 aliphatic carbocycles. The summed E-state index contributed by atoms with van der Waals surface area (Å²) in [7, 11) is 0. The second-order valence-corrected chi connectivity index (χ2v) is 1.13. The molecule has 0 heterocycles.